The maximum atomic E-state index is 14.2. The average molecular weight is 428 g/mol. The minimum atomic E-state index is -1.05. The zero-order chi connectivity index (χ0) is 23.0. The van der Waals surface area contributed by atoms with Crippen molar-refractivity contribution < 1.29 is 14.3 Å². The lowest BCUT2D eigenvalue weighted by Crippen LogP contribution is -2.72. The number of aromatic nitrogens is 2. The SMILES string of the molecule is CC1CCC(NC(=O)O)C[N+]1(c1cc(-c2ccc(C#N)c(F)c2)nc(N)n1)C(C)(C)C. The van der Waals surface area contributed by atoms with Crippen LogP contribution in [0.5, 0.6) is 0 Å². The summed E-state index contributed by atoms with van der Waals surface area (Å²) in [5.74, 6) is 0.0826. The molecule has 1 saturated heterocycles. The lowest BCUT2D eigenvalue weighted by molar-refractivity contribution is 0.0465. The first-order valence-corrected chi connectivity index (χ1v) is 10.2. The molecule has 3 unspecified atom stereocenters. The van der Waals surface area contributed by atoms with Crippen molar-refractivity contribution in [3.05, 3.63) is 35.6 Å². The van der Waals surface area contributed by atoms with Crippen molar-refractivity contribution in [3.63, 3.8) is 0 Å². The molecule has 0 radical (unpaired) electrons. The number of hydrogen-bond acceptors (Lipinski definition) is 5. The van der Waals surface area contributed by atoms with Crippen LogP contribution in [0.1, 0.15) is 46.1 Å². The quantitative estimate of drug-likeness (QED) is 0.642. The summed E-state index contributed by atoms with van der Waals surface area (Å²) in [4.78, 5) is 20.2. The fraction of sp³-hybridized carbons (Fsp3) is 0.455. The topological polar surface area (TPSA) is 125 Å². The Balaban J connectivity index is 2.16. The number of piperidine rings is 1. The number of nitrogens with one attached hydrogen (secondary N) is 1. The van der Waals surface area contributed by atoms with Crippen molar-refractivity contribution >= 4 is 17.9 Å². The lowest BCUT2D eigenvalue weighted by atomic mass is 9.87. The second-order valence-electron chi connectivity index (χ2n) is 9.07. The van der Waals surface area contributed by atoms with E-state index < -0.39 is 11.9 Å². The number of hydrogen-bond donors (Lipinski definition) is 3. The zero-order valence-electron chi connectivity index (χ0n) is 18.2. The summed E-state index contributed by atoms with van der Waals surface area (Å²) >= 11 is 0. The maximum absolute atomic E-state index is 14.2. The van der Waals surface area contributed by atoms with Crippen LogP contribution >= 0.6 is 0 Å². The van der Waals surface area contributed by atoms with Crippen LogP contribution < -0.4 is 15.5 Å². The van der Waals surface area contributed by atoms with Gasteiger partial charge in [0.1, 0.15) is 18.4 Å². The number of nitrogen functional groups attached to an aromatic ring is 1. The van der Waals surface area contributed by atoms with E-state index >= 15 is 0 Å². The second-order valence-corrected chi connectivity index (χ2v) is 9.07. The van der Waals surface area contributed by atoms with Crippen LogP contribution in [0.4, 0.5) is 21.0 Å². The van der Waals surface area contributed by atoms with Crippen LogP contribution in [-0.2, 0) is 0 Å². The molecular formula is C22H28FN6O2+. The van der Waals surface area contributed by atoms with Crippen molar-refractivity contribution in [2.45, 2.75) is 58.2 Å². The highest BCUT2D eigenvalue weighted by Gasteiger charge is 2.52. The van der Waals surface area contributed by atoms with E-state index in [4.69, 9.17) is 11.0 Å². The van der Waals surface area contributed by atoms with Gasteiger partial charge in [-0.15, -0.1) is 0 Å². The number of nitrogens with zero attached hydrogens (tertiary/aromatic N) is 4. The first-order chi connectivity index (χ1) is 14.5. The first-order valence-electron chi connectivity index (χ1n) is 10.2. The molecule has 0 bridgehead atoms. The van der Waals surface area contributed by atoms with E-state index in [1.165, 1.54) is 12.1 Å². The molecule has 3 rings (SSSR count). The summed E-state index contributed by atoms with van der Waals surface area (Å²) in [5.41, 5.74) is 6.64. The van der Waals surface area contributed by atoms with Gasteiger partial charge >= 0.3 is 6.09 Å². The molecule has 1 aliphatic rings. The van der Waals surface area contributed by atoms with E-state index in [1.54, 1.807) is 12.1 Å². The number of quaternary nitrogens is 1. The van der Waals surface area contributed by atoms with Crippen molar-refractivity contribution in [1.82, 2.24) is 19.8 Å². The standard InChI is InChI=1S/C22H27FN6O2/c1-13-5-8-16(26-21(30)31)12-29(13,22(2,3)4)19-10-18(27-20(25)28-19)14-6-7-15(11-24)17(23)9-14/h6-7,9-10,13,16,26H,5,8,12H2,1-4H3,(H2-,25,27,28,30,31)/p+1. The number of benzene rings is 1. The average Bonchev–Trinajstić information content (AvgIpc) is 2.67. The predicted octanol–water partition coefficient (Wildman–Crippen LogP) is 3.66. The third-order valence-corrected chi connectivity index (χ3v) is 6.24. The smallest absolute Gasteiger partial charge is 0.405 e. The first kappa shape index (κ1) is 22.4. The van der Waals surface area contributed by atoms with E-state index in [0.717, 1.165) is 12.8 Å². The molecule has 31 heavy (non-hydrogen) atoms. The molecule has 9 heteroatoms. The predicted molar refractivity (Wildman–Crippen MR) is 117 cm³/mol. The molecule has 0 saturated carbocycles. The molecular weight excluding hydrogens is 399 g/mol. The van der Waals surface area contributed by atoms with Crippen molar-refractivity contribution in [3.8, 4) is 17.3 Å². The third kappa shape index (κ3) is 4.16. The number of nitrogens with two attached hydrogens (primary N) is 1. The second kappa shape index (κ2) is 8.12. The molecule has 0 spiro atoms. The molecule has 0 aliphatic carbocycles. The Morgan fingerprint density at radius 3 is 2.61 bits per heavy atom. The summed E-state index contributed by atoms with van der Waals surface area (Å²) in [6, 6.07) is 7.81. The van der Waals surface area contributed by atoms with Gasteiger partial charge in [-0.05, 0) is 46.2 Å². The van der Waals surface area contributed by atoms with Crippen LogP contribution in [0.15, 0.2) is 24.3 Å². The Hall–Kier alpha value is -3.25. The van der Waals surface area contributed by atoms with Gasteiger partial charge in [0, 0.05) is 18.1 Å². The minimum absolute atomic E-state index is 0.0450. The molecule has 2 heterocycles. The molecule has 2 aromatic rings. The van der Waals surface area contributed by atoms with Gasteiger partial charge in [0.15, 0.2) is 0 Å². The highest BCUT2D eigenvalue weighted by Crippen LogP contribution is 2.41. The number of rotatable bonds is 3. The van der Waals surface area contributed by atoms with Crippen molar-refractivity contribution in [1.29, 1.82) is 5.26 Å². The van der Waals surface area contributed by atoms with Crippen LogP contribution in [-0.4, -0.2) is 45.3 Å². The molecule has 1 aliphatic heterocycles. The van der Waals surface area contributed by atoms with E-state index in [-0.39, 0.29) is 29.1 Å². The summed E-state index contributed by atoms with van der Waals surface area (Å²) < 4.78 is 14.6. The number of nitriles is 1. The molecule has 1 aromatic carbocycles. The number of carboxylic acid groups (broad SMARTS) is 1. The molecule has 4 N–H and O–H groups in total. The van der Waals surface area contributed by atoms with Gasteiger partial charge in [0.25, 0.3) is 0 Å². The molecule has 1 fully saturated rings. The zero-order valence-corrected chi connectivity index (χ0v) is 18.2. The van der Waals surface area contributed by atoms with E-state index in [0.29, 0.717) is 28.1 Å². The highest BCUT2D eigenvalue weighted by molar-refractivity contribution is 5.66. The number of likely N-dealkylation sites (tertiary alicyclic amines) is 1. The molecule has 1 aromatic heterocycles. The van der Waals surface area contributed by atoms with Gasteiger partial charge in [-0.1, -0.05) is 6.07 Å². The number of amides is 1. The maximum Gasteiger partial charge on any atom is 0.405 e. The van der Waals surface area contributed by atoms with Gasteiger partial charge in [-0.25, -0.2) is 14.2 Å². The van der Waals surface area contributed by atoms with Crippen molar-refractivity contribution in [2.24, 2.45) is 0 Å². The van der Waals surface area contributed by atoms with E-state index in [1.807, 2.05) is 6.07 Å². The lowest BCUT2D eigenvalue weighted by Gasteiger charge is -2.55. The monoisotopic (exact) mass is 427 g/mol. The summed E-state index contributed by atoms with van der Waals surface area (Å²) in [5, 5.41) is 20.9. The molecule has 1 amide bonds. The third-order valence-electron chi connectivity index (χ3n) is 6.24. The van der Waals surface area contributed by atoms with Crippen LogP contribution in [0, 0.1) is 17.1 Å². The fourth-order valence-electron chi connectivity index (χ4n) is 4.74. The Morgan fingerprint density at radius 2 is 2.03 bits per heavy atom. The van der Waals surface area contributed by atoms with Gasteiger partial charge in [0.05, 0.1) is 28.9 Å². The van der Waals surface area contributed by atoms with Crippen LogP contribution in [0.25, 0.3) is 11.3 Å². The van der Waals surface area contributed by atoms with Gasteiger partial charge in [-0.3, -0.25) is 4.48 Å². The summed E-state index contributed by atoms with van der Waals surface area (Å²) in [7, 11) is 0. The van der Waals surface area contributed by atoms with Gasteiger partial charge in [-0.2, -0.15) is 10.2 Å². The molecule has 164 valence electrons. The highest BCUT2D eigenvalue weighted by atomic mass is 19.1. The van der Waals surface area contributed by atoms with Gasteiger partial charge in [0.2, 0.25) is 11.8 Å². The summed E-state index contributed by atoms with van der Waals surface area (Å²) in [6.07, 6.45) is 0.479. The Bertz CT molecular complexity index is 1050. The Kier molecular flexibility index (Phi) is 5.87. The largest absolute Gasteiger partial charge is 0.465 e. The molecule has 8 nitrogen and oxygen atoms in total. The Labute approximate surface area is 181 Å². The molecule has 3 atom stereocenters. The fourth-order valence-corrected chi connectivity index (χ4v) is 4.74. The normalized spacial score (nSPS) is 23.7. The van der Waals surface area contributed by atoms with Crippen LogP contribution in [0.2, 0.25) is 0 Å². The number of carbonyl (C=O) groups is 1. The van der Waals surface area contributed by atoms with E-state index in [2.05, 4.69) is 43.0 Å². The van der Waals surface area contributed by atoms with E-state index in [9.17, 15) is 14.3 Å². The summed E-state index contributed by atoms with van der Waals surface area (Å²) in [6.45, 7) is 8.90. The van der Waals surface area contributed by atoms with Gasteiger partial charge < -0.3 is 16.2 Å². The number of anilines is 1. The minimum Gasteiger partial charge on any atom is -0.465 e. The van der Waals surface area contributed by atoms with Crippen molar-refractivity contribution in [2.75, 3.05) is 12.3 Å². The Morgan fingerprint density at radius 1 is 1.32 bits per heavy atom. The van der Waals surface area contributed by atoms with Crippen LogP contribution in [0.3, 0.4) is 0 Å². The number of halogens is 1.